The van der Waals surface area contributed by atoms with Gasteiger partial charge in [0, 0.05) is 39.9 Å². The van der Waals surface area contributed by atoms with Crippen molar-refractivity contribution in [3.05, 3.63) is 23.9 Å². The van der Waals surface area contributed by atoms with E-state index in [1.165, 1.54) is 44.6 Å². The van der Waals surface area contributed by atoms with E-state index in [0.29, 0.717) is 5.41 Å². The van der Waals surface area contributed by atoms with Crippen molar-refractivity contribution < 1.29 is 0 Å². The van der Waals surface area contributed by atoms with Gasteiger partial charge in [-0.2, -0.15) is 0 Å². The van der Waals surface area contributed by atoms with E-state index in [0.717, 1.165) is 12.4 Å². The highest BCUT2D eigenvalue weighted by molar-refractivity contribution is 5.37. The Labute approximate surface area is 122 Å². The molecule has 3 heterocycles. The number of hydrogen-bond donors (Lipinski definition) is 0. The van der Waals surface area contributed by atoms with Crippen molar-refractivity contribution in [3.63, 3.8) is 0 Å². The molecular weight excluding hydrogens is 248 g/mol. The van der Waals surface area contributed by atoms with E-state index in [9.17, 15) is 0 Å². The van der Waals surface area contributed by atoms with Crippen LogP contribution in [0.3, 0.4) is 0 Å². The molecule has 2 fully saturated rings. The van der Waals surface area contributed by atoms with Crippen molar-refractivity contribution in [1.29, 1.82) is 0 Å². The van der Waals surface area contributed by atoms with E-state index in [1.54, 1.807) is 0 Å². The van der Waals surface area contributed by atoms with E-state index in [4.69, 9.17) is 0 Å². The molecule has 1 atom stereocenters. The third-order valence-corrected chi connectivity index (χ3v) is 4.82. The Bertz CT molecular complexity index is 456. The minimum atomic E-state index is 0.575. The molecule has 0 N–H and O–H groups in total. The molecule has 1 unspecified atom stereocenters. The molecule has 1 spiro atoms. The maximum absolute atomic E-state index is 4.51. The molecule has 0 amide bonds. The van der Waals surface area contributed by atoms with Crippen LogP contribution in [0.2, 0.25) is 0 Å². The van der Waals surface area contributed by atoms with Crippen LogP contribution in [0.25, 0.3) is 0 Å². The predicted octanol–water partition coefficient (Wildman–Crippen LogP) is 1.68. The SMILES string of the molecule is CN1CCC2(CCN(Cc3ccc(N(C)C)nc3)C2)C1. The van der Waals surface area contributed by atoms with E-state index < -0.39 is 0 Å². The van der Waals surface area contributed by atoms with E-state index >= 15 is 0 Å². The molecule has 2 saturated heterocycles. The Morgan fingerprint density at radius 1 is 1.20 bits per heavy atom. The van der Waals surface area contributed by atoms with E-state index in [-0.39, 0.29) is 0 Å². The number of rotatable bonds is 3. The van der Waals surface area contributed by atoms with Crippen LogP contribution in [-0.4, -0.2) is 62.1 Å². The molecule has 3 rings (SSSR count). The van der Waals surface area contributed by atoms with Gasteiger partial charge in [0.2, 0.25) is 0 Å². The monoisotopic (exact) mass is 274 g/mol. The highest BCUT2D eigenvalue weighted by Crippen LogP contribution is 2.39. The van der Waals surface area contributed by atoms with Gasteiger partial charge in [-0.05, 0) is 50.0 Å². The number of hydrogen-bond acceptors (Lipinski definition) is 4. The molecule has 1 aromatic rings. The van der Waals surface area contributed by atoms with Crippen molar-refractivity contribution in [2.45, 2.75) is 19.4 Å². The van der Waals surface area contributed by atoms with Crippen LogP contribution >= 0.6 is 0 Å². The maximum atomic E-state index is 4.51. The van der Waals surface area contributed by atoms with Gasteiger partial charge in [0.05, 0.1) is 0 Å². The van der Waals surface area contributed by atoms with Gasteiger partial charge < -0.3 is 9.80 Å². The largest absolute Gasteiger partial charge is 0.363 e. The van der Waals surface area contributed by atoms with E-state index in [2.05, 4.69) is 34.0 Å². The standard InChI is InChI=1S/C16H26N4/c1-18(2)15-5-4-14(10-17-15)11-20-9-7-16(13-20)6-8-19(3)12-16/h4-5,10H,6-9,11-13H2,1-3H3. The number of nitrogens with zero attached hydrogens (tertiary/aromatic N) is 4. The average Bonchev–Trinajstić information content (AvgIpc) is 2.97. The molecule has 110 valence electrons. The van der Waals surface area contributed by atoms with Crippen LogP contribution in [0.1, 0.15) is 18.4 Å². The molecule has 20 heavy (non-hydrogen) atoms. The first-order chi connectivity index (χ1) is 9.56. The van der Waals surface area contributed by atoms with Gasteiger partial charge in [-0.25, -0.2) is 4.98 Å². The van der Waals surface area contributed by atoms with E-state index in [1.807, 2.05) is 25.2 Å². The summed E-state index contributed by atoms with van der Waals surface area (Å²) in [6.07, 6.45) is 4.76. The zero-order valence-corrected chi connectivity index (χ0v) is 13.0. The molecule has 2 aliphatic rings. The summed E-state index contributed by atoms with van der Waals surface area (Å²) in [5, 5.41) is 0. The molecule has 0 aliphatic carbocycles. The number of likely N-dealkylation sites (tertiary alicyclic amines) is 2. The molecular formula is C16H26N4. The summed E-state index contributed by atoms with van der Waals surface area (Å²) < 4.78 is 0. The highest BCUT2D eigenvalue weighted by atomic mass is 15.2. The lowest BCUT2D eigenvalue weighted by molar-refractivity contribution is 0.250. The van der Waals surface area contributed by atoms with Crippen LogP contribution in [0.5, 0.6) is 0 Å². The first-order valence-corrected chi connectivity index (χ1v) is 7.60. The van der Waals surface area contributed by atoms with Crippen molar-refractivity contribution in [2.24, 2.45) is 5.41 Å². The maximum Gasteiger partial charge on any atom is 0.127 e. The van der Waals surface area contributed by atoms with Gasteiger partial charge in [0.15, 0.2) is 0 Å². The topological polar surface area (TPSA) is 22.6 Å². The smallest absolute Gasteiger partial charge is 0.127 e. The number of anilines is 1. The Morgan fingerprint density at radius 3 is 2.60 bits per heavy atom. The second-order valence-corrected chi connectivity index (χ2v) is 6.87. The van der Waals surface area contributed by atoms with Crippen LogP contribution in [-0.2, 0) is 6.54 Å². The van der Waals surface area contributed by atoms with Gasteiger partial charge in [-0.15, -0.1) is 0 Å². The predicted molar refractivity (Wildman–Crippen MR) is 83.0 cm³/mol. The summed E-state index contributed by atoms with van der Waals surface area (Å²) >= 11 is 0. The second-order valence-electron chi connectivity index (χ2n) is 6.87. The molecule has 4 heteroatoms. The average molecular weight is 274 g/mol. The fraction of sp³-hybridized carbons (Fsp3) is 0.688. The summed E-state index contributed by atoms with van der Waals surface area (Å²) in [7, 11) is 6.31. The Hall–Kier alpha value is -1.13. The van der Waals surface area contributed by atoms with Crippen LogP contribution in [0.15, 0.2) is 18.3 Å². The van der Waals surface area contributed by atoms with Gasteiger partial charge >= 0.3 is 0 Å². The summed E-state index contributed by atoms with van der Waals surface area (Å²) in [5.41, 5.74) is 1.91. The summed E-state index contributed by atoms with van der Waals surface area (Å²) in [6.45, 7) is 6.09. The van der Waals surface area contributed by atoms with Gasteiger partial charge in [-0.3, -0.25) is 4.90 Å². The fourth-order valence-corrected chi connectivity index (χ4v) is 3.69. The van der Waals surface area contributed by atoms with Crippen molar-refractivity contribution in [2.75, 3.05) is 52.2 Å². The molecule has 0 aromatic carbocycles. The van der Waals surface area contributed by atoms with Crippen LogP contribution in [0, 0.1) is 5.41 Å². The summed E-state index contributed by atoms with van der Waals surface area (Å²) in [5.74, 6) is 1.03. The molecule has 0 saturated carbocycles. The van der Waals surface area contributed by atoms with Crippen molar-refractivity contribution in [3.8, 4) is 0 Å². The lowest BCUT2D eigenvalue weighted by atomic mass is 9.86. The zero-order chi connectivity index (χ0) is 14.2. The minimum Gasteiger partial charge on any atom is -0.363 e. The molecule has 4 nitrogen and oxygen atoms in total. The first-order valence-electron chi connectivity index (χ1n) is 7.60. The van der Waals surface area contributed by atoms with Gasteiger partial charge in [-0.1, -0.05) is 6.07 Å². The molecule has 2 aliphatic heterocycles. The highest BCUT2D eigenvalue weighted by Gasteiger charge is 2.42. The lowest BCUT2D eigenvalue weighted by Gasteiger charge is -2.24. The van der Waals surface area contributed by atoms with Crippen molar-refractivity contribution in [1.82, 2.24) is 14.8 Å². The molecule has 1 aromatic heterocycles. The quantitative estimate of drug-likeness (QED) is 0.836. The Balaban J connectivity index is 1.59. The normalized spacial score (nSPS) is 27.6. The second kappa shape index (κ2) is 5.34. The first kappa shape index (κ1) is 13.8. The number of aromatic nitrogens is 1. The summed E-state index contributed by atoms with van der Waals surface area (Å²) in [4.78, 5) is 11.6. The van der Waals surface area contributed by atoms with Crippen molar-refractivity contribution >= 4 is 5.82 Å². The third-order valence-electron chi connectivity index (χ3n) is 4.82. The summed E-state index contributed by atoms with van der Waals surface area (Å²) in [6, 6.07) is 4.33. The molecule has 0 bridgehead atoms. The lowest BCUT2D eigenvalue weighted by Crippen LogP contribution is -2.29. The fourth-order valence-electron chi connectivity index (χ4n) is 3.69. The van der Waals surface area contributed by atoms with Crippen LogP contribution < -0.4 is 4.90 Å². The minimum absolute atomic E-state index is 0.575. The van der Waals surface area contributed by atoms with Gasteiger partial charge in [0.1, 0.15) is 5.82 Å². The van der Waals surface area contributed by atoms with Crippen LogP contribution in [0.4, 0.5) is 5.82 Å². The third kappa shape index (κ3) is 2.81. The number of pyridine rings is 1. The zero-order valence-electron chi connectivity index (χ0n) is 13.0. The van der Waals surface area contributed by atoms with Gasteiger partial charge in [0.25, 0.3) is 0 Å². The Morgan fingerprint density at radius 2 is 2.00 bits per heavy atom. The Kier molecular flexibility index (Phi) is 3.69. The molecule has 0 radical (unpaired) electrons.